The van der Waals surface area contributed by atoms with E-state index in [0.717, 1.165) is 49.3 Å². The van der Waals surface area contributed by atoms with Gasteiger partial charge in [-0.3, -0.25) is 19.2 Å². The number of hydrogen-bond acceptors (Lipinski definition) is 7. The molecule has 0 saturated heterocycles. The lowest BCUT2D eigenvalue weighted by Gasteiger charge is -2.57. The topological polar surface area (TPSA) is 96.0 Å². The first-order valence-corrected chi connectivity index (χ1v) is 16.7. The number of ether oxygens (including phenoxy) is 3. The quantitative estimate of drug-likeness (QED) is 0.176. The van der Waals surface area contributed by atoms with Crippen LogP contribution in [0.1, 0.15) is 90.0 Å². The summed E-state index contributed by atoms with van der Waals surface area (Å²) in [6, 6.07) is 7.30. The Morgan fingerprint density at radius 2 is 1.65 bits per heavy atom. The highest BCUT2D eigenvalue weighted by Crippen LogP contribution is 2.65. The van der Waals surface area contributed by atoms with Crippen LogP contribution in [0, 0.1) is 28.6 Å². The number of carbonyl (C=O) groups excluding carboxylic acids is 4. The second-order valence-electron chi connectivity index (χ2n) is 14.0. The molecule has 3 saturated carbocycles. The minimum atomic E-state index is -0.345. The van der Waals surface area contributed by atoms with Crippen molar-refractivity contribution < 1.29 is 33.4 Å². The molecule has 0 N–H and O–H groups in total. The van der Waals surface area contributed by atoms with Gasteiger partial charge >= 0.3 is 5.97 Å². The van der Waals surface area contributed by atoms with Crippen molar-refractivity contribution in [1.29, 1.82) is 0 Å². The van der Waals surface area contributed by atoms with Gasteiger partial charge in [-0.2, -0.15) is 0 Å². The molecule has 1 aromatic carbocycles. The number of ketones is 3. The number of rotatable bonds is 7. The second kappa shape index (κ2) is 13.5. The van der Waals surface area contributed by atoms with Crippen molar-refractivity contribution in [2.45, 2.75) is 90.6 Å². The first-order valence-electron chi connectivity index (χ1n) is 16.7. The van der Waals surface area contributed by atoms with Gasteiger partial charge in [-0.1, -0.05) is 44.6 Å². The monoisotopic (exact) mass is 628 g/mol. The van der Waals surface area contributed by atoms with Crippen LogP contribution in [0.5, 0.6) is 5.75 Å². The normalized spacial score (nSPS) is 32.2. The molecule has 3 fully saturated rings. The molecule has 46 heavy (non-hydrogen) atoms. The maximum atomic E-state index is 12.2. The molecule has 6 rings (SSSR count). The van der Waals surface area contributed by atoms with Gasteiger partial charge in [-0.05, 0) is 98.0 Å². The zero-order chi connectivity index (χ0) is 33.2. The van der Waals surface area contributed by atoms with Crippen molar-refractivity contribution in [2.24, 2.45) is 28.6 Å². The number of fused-ring (bicyclic) bond motifs is 5. The molecular formula is C39H48O7. The van der Waals surface area contributed by atoms with Crippen LogP contribution >= 0.6 is 0 Å². The Bertz CT molecular complexity index is 1480. The van der Waals surface area contributed by atoms with Gasteiger partial charge in [0.2, 0.25) is 5.78 Å². The van der Waals surface area contributed by atoms with Crippen LogP contribution in [-0.2, 0) is 28.7 Å². The van der Waals surface area contributed by atoms with Crippen LogP contribution in [0.2, 0.25) is 0 Å². The molecule has 1 aromatic rings. The summed E-state index contributed by atoms with van der Waals surface area (Å²) >= 11 is 0. The molecule has 0 amide bonds. The molecule has 5 aliphatic carbocycles. The first-order chi connectivity index (χ1) is 22.0. The largest absolute Gasteiger partial charge is 0.497 e. The van der Waals surface area contributed by atoms with Crippen LogP contribution in [0.4, 0.5) is 0 Å². The van der Waals surface area contributed by atoms with Crippen molar-refractivity contribution >= 4 is 23.3 Å². The molecule has 246 valence electrons. The van der Waals surface area contributed by atoms with Crippen molar-refractivity contribution in [1.82, 2.24) is 0 Å². The van der Waals surface area contributed by atoms with Gasteiger partial charge in [0.25, 0.3) is 0 Å². The first kappa shape index (κ1) is 33.6. The summed E-state index contributed by atoms with van der Waals surface area (Å²) in [5.41, 5.74) is 3.08. The molecule has 5 aliphatic rings. The minimum Gasteiger partial charge on any atom is -0.497 e. The summed E-state index contributed by atoms with van der Waals surface area (Å²) in [7, 11) is 2.95. The van der Waals surface area contributed by atoms with Gasteiger partial charge in [-0.25, -0.2) is 0 Å². The van der Waals surface area contributed by atoms with Gasteiger partial charge in [0.15, 0.2) is 17.3 Å². The van der Waals surface area contributed by atoms with Crippen LogP contribution in [0.25, 0.3) is 0 Å². The SMILES string of the molecule is C=CC(C1=CC(=O)C(OC)=CC1=O)c1ccc(OC)cc1.CCC(=O)OC1CCC2C3CCC4=CC(=O)CCC4(C)C3CCC12C. The third-order valence-corrected chi connectivity index (χ3v) is 11.8. The van der Waals surface area contributed by atoms with Crippen LogP contribution in [0.15, 0.2) is 72.1 Å². The summed E-state index contributed by atoms with van der Waals surface area (Å²) in [6.45, 7) is 10.5. The molecule has 7 unspecified atom stereocenters. The van der Waals surface area contributed by atoms with Gasteiger partial charge in [0, 0.05) is 35.8 Å². The Morgan fingerprint density at radius 3 is 2.30 bits per heavy atom. The number of esters is 1. The van der Waals surface area contributed by atoms with Gasteiger partial charge in [-0.15, -0.1) is 6.58 Å². The maximum Gasteiger partial charge on any atom is 0.305 e. The molecule has 7 nitrogen and oxygen atoms in total. The van der Waals surface area contributed by atoms with Crippen LogP contribution in [-0.4, -0.2) is 43.6 Å². The minimum absolute atomic E-state index is 0.0411. The van der Waals surface area contributed by atoms with E-state index in [2.05, 4.69) is 20.4 Å². The second-order valence-corrected chi connectivity index (χ2v) is 14.0. The Hall–Kier alpha value is -3.74. The molecule has 0 bridgehead atoms. The van der Waals surface area contributed by atoms with Crippen LogP contribution < -0.4 is 4.74 Å². The maximum absolute atomic E-state index is 12.2. The van der Waals surface area contributed by atoms with Gasteiger partial charge < -0.3 is 14.2 Å². The van der Waals surface area contributed by atoms with E-state index in [4.69, 9.17) is 14.2 Å². The molecule has 0 aliphatic heterocycles. The van der Waals surface area contributed by atoms with E-state index in [1.807, 2.05) is 25.1 Å². The molecule has 0 heterocycles. The Balaban J connectivity index is 0.000000184. The molecule has 7 heteroatoms. The standard InChI is InChI=1S/C22H32O3.C17H16O4/c1-4-20(24)25-19-8-7-17-16-6-5-14-13-15(23)9-11-21(14,2)18(16)10-12-22(17,19)3;1-4-13(11-5-7-12(20-2)8-6-11)14-9-16(19)17(21-3)10-15(14)18/h13,16-19H,4-12H2,1-3H3;4-10,13H,1H2,2-3H3. The number of carbonyl (C=O) groups is 4. The predicted molar refractivity (Wildman–Crippen MR) is 176 cm³/mol. The van der Waals surface area contributed by atoms with Crippen molar-refractivity contribution in [2.75, 3.05) is 14.2 Å². The zero-order valence-corrected chi connectivity index (χ0v) is 27.9. The van der Waals surface area contributed by atoms with Crippen molar-refractivity contribution in [3.8, 4) is 5.75 Å². The highest BCUT2D eigenvalue weighted by atomic mass is 16.5. The fourth-order valence-corrected chi connectivity index (χ4v) is 9.16. The van der Waals surface area contributed by atoms with E-state index in [1.54, 1.807) is 25.3 Å². The summed E-state index contributed by atoms with van der Waals surface area (Å²) < 4.78 is 15.8. The number of allylic oxidation sites excluding steroid dienone is 5. The number of hydrogen-bond donors (Lipinski definition) is 0. The van der Waals surface area contributed by atoms with E-state index < -0.39 is 0 Å². The molecule has 0 aromatic heterocycles. The average Bonchev–Trinajstić information content (AvgIpc) is 3.39. The van der Waals surface area contributed by atoms with E-state index in [1.165, 1.54) is 44.1 Å². The molecule has 0 radical (unpaired) electrons. The molecule has 7 atom stereocenters. The van der Waals surface area contributed by atoms with Crippen LogP contribution in [0.3, 0.4) is 0 Å². The highest BCUT2D eigenvalue weighted by molar-refractivity contribution is 6.19. The lowest BCUT2D eigenvalue weighted by molar-refractivity contribution is -0.159. The zero-order valence-electron chi connectivity index (χ0n) is 27.9. The third-order valence-electron chi connectivity index (χ3n) is 11.8. The fraction of sp³-hybridized carbons (Fsp3) is 0.538. The van der Waals surface area contributed by atoms with Crippen molar-refractivity contribution in [3.05, 3.63) is 77.6 Å². The van der Waals surface area contributed by atoms with Crippen molar-refractivity contribution in [3.63, 3.8) is 0 Å². The molecule has 0 spiro atoms. The van der Waals surface area contributed by atoms with E-state index in [-0.39, 0.29) is 46.1 Å². The number of benzene rings is 1. The summed E-state index contributed by atoms with van der Waals surface area (Å²) in [4.78, 5) is 47.8. The smallest absolute Gasteiger partial charge is 0.305 e. The van der Waals surface area contributed by atoms with E-state index in [9.17, 15) is 19.2 Å². The fourth-order valence-electron chi connectivity index (χ4n) is 9.16. The van der Waals surface area contributed by atoms with E-state index >= 15 is 0 Å². The van der Waals surface area contributed by atoms with Gasteiger partial charge in [0.1, 0.15) is 11.9 Å². The Kier molecular flexibility index (Phi) is 9.90. The lowest BCUT2D eigenvalue weighted by atomic mass is 9.47. The number of methoxy groups -OCH3 is 2. The lowest BCUT2D eigenvalue weighted by Crippen LogP contribution is -2.51. The summed E-state index contributed by atoms with van der Waals surface area (Å²) in [5, 5.41) is 0. The third kappa shape index (κ3) is 6.17. The Morgan fingerprint density at radius 1 is 0.913 bits per heavy atom. The van der Waals surface area contributed by atoms with Gasteiger partial charge in [0.05, 0.1) is 14.2 Å². The predicted octanol–water partition coefficient (Wildman–Crippen LogP) is 7.41. The highest BCUT2D eigenvalue weighted by Gasteiger charge is 2.59. The Labute approximate surface area is 273 Å². The summed E-state index contributed by atoms with van der Waals surface area (Å²) in [5.74, 6) is 2.29. The average molecular weight is 629 g/mol. The molecular weight excluding hydrogens is 580 g/mol. The van der Waals surface area contributed by atoms with E-state index in [0.29, 0.717) is 29.6 Å². The summed E-state index contributed by atoms with van der Waals surface area (Å²) in [6.07, 6.45) is 15.4.